The van der Waals surface area contributed by atoms with Crippen molar-refractivity contribution in [2.75, 3.05) is 6.54 Å². The Morgan fingerprint density at radius 2 is 1.05 bits per heavy atom. The molecule has 126 valence electrons. The minimum absolute atomic E-state index is 0. The number of hydrogen-bond donors (Lipinski definition) is 1. The molecule has 1 nitrogen and oxygen atoms in total. The summed E-state index contributed by atoms with van der Waals surface area (Å²) in [6, 6.07) is 0. The van der Waals surface area contributed by atoms with E-state index in [4.69, 9.17) is 24.8 Å². The van der Waals surface area contributed by atoms with Crippen LogP contribution in [-0.4, -0.2) is 10.9 Å². The first-order chi connectivity index (χ1) is 9.77. The standard InChI is InChI=1S/C17H35NS2.Mo/c1-2-3-4-5-6-7-8-9-10-11-12-13-14-15-16-18-17(19)20;/h2-16H2,1H3,(H2,18,19,20);/p-1. The quantitative estimate of drug-likeness (QED) is 0.156. The first-order valence-electron chi connectivity index (χ1n) is 8.72. The second-order valence-corrected chi connectivity index (χ2v) is 6.89. The summed E-state index contributed by atoms with van der Waals surface area (Å²) in [7, 11) is 0. The first-order valence-corrected chi connectivity index (χ1v) is 9.54. The molecule has 0 fully saturated rings. The van der Waals surface area contributed by atoms with Crippen LogP contribution in [-0.2, 0) is 33.7 Å². The number of nitrogens with one attached hydrogen (secondary N) is 1. The van der Waals surface area contributed by atoms with E-state index < -0.39 is 0 Å². The van der Waals surface area contributed by atoms with Crippen LogP contribution in [0, 0.1) is 0 Å². The number of thiocarbonyl (C=S) groups is 1. The Balaban J connectivity index is 0. The van der Waals surface area contributed by atoms with Crippen LogP contribution in [0.25, 0.3) is 0 Å². The molecule has 0 aliphatic heterocycles. The van der Waals surface area contributed by atoms with Crippen LogP contribution < -0.4 is 5.32 Å². The predicted octanol–water partition coefficient (Wildman–Crippen LogP) is 5.89. The van der Waals surface area contributed by atoms with Gasteiger partial charge in [0, 0.05) is 27.6 Å². The average molecular weight is 413 g/mol. The third-order valence-electron chi connectivity index (χ3n) is 3.80. The largest absolute Gasteiger partial charge is 0.412 e. The molecule has 0 saturated heterocycles. The van der Waals surface area contributed by atoms with E-state index in [0.29, 0.717) is 4.32 Å². The van der Waals surface area contributed by atoms with Crippen molar-refractivity contribution in [2.45, 2.75) is 96.8 Å². The van der Waals surface area contributed by atoms with Gasteiger partial charge in [-0.1, -0.05) is 94.7 Å². The van der Waals surface area contributed by atoms with E-state index in [2.05, 4.69) is 12.2 Å². The molecule has 0 bridgehead atoms. The van der Waals surface area contributed by atoms with Gasteiger partial charge in [-0.25, -0.2) is 0 Å². The molecule has 0 radical (unpaired) electrons. The van der Waals surface area contributed by atoms with E-state index in [1.807, 2.05) is 0 Å². The van der Waals surface area contributed by atoms with Gasteiger partial charge in [-0.3, -0.25) is 0 Å². The maximum absolute atomic E-state index is 4.80. The Hall–Kier alpha value is 0.798. The summed E-state index contributed by atoms with van der Waals surface area (Å²) < 4.78 is 0.514. The van der Waals surface area contributed by atoms with Crippen molar-refractivity contribution < 1.29 is 21.1 Å². The molecule has 0 aromatic heterocycles. The minimum atomic E-state index is 0. The molecule has 0 rings (SSSR count). The molecule has 4 heteroatoms. The van der Waals surface area contributed by atoms with Crippen molar-refractivity contribution in [3.63, 3.8) is 0 Å². The SMILES string of the molecule is CCCCCCCCCCCCCCCCNC(=S)[S-].[Mo]. The van der Waals surface area contributed by atoms with Gasteiger partial charge < -0.3 is 30.2 Å². The van der Waals surface area contributed by atoms with Crippen molar-refractivity contribution in [1.29, 1.82) is 0 Å². The zero-order valence-corrected chi connectivity index (χ0v) is 17.5. The van der Waals surface area contributed by atoms with Crippen molar-refractivity contribution >= 4 is 29.2 Å². The summed E-state index contributed by atoms with van der Waals surface area (Å²) in [6.07, 6.45) is 19.6. The van der Waals surface area contributed by atoms with Crippen molar-refractivity contribution in [1.82, 2.24) is 5.32 Å². The number of unbranched alkanes of at least 4 members (excludes halogenated alkanes) is 13. The molecule has 0 atom stereocenters. The van der Waals surface area contributed by atoms with Gasteiger partial charge in [0.25, 0.3) is 0 Å². The molecule has 1 N–H and O–H groups in total. The Morgan fingerprint density at radius 1 is 0.714 bits per heavy atom. The van der Waals surface area contributed by atoms with Crippen LogP contribution in [0.4, 0.5) is 0 Å². The van der Waals surface area contributed by atoms with E-state index in [1.54, 1.807) is 0 Å². The molecular weight excluding hydrogens is 378 g/mol. The van der Waals surface area contributed by atoms with Crippen molar-refractivity contribution in [3.05, 3.63) is 0 Å². The summed E-state index contributed by atoms with van der Waals surface area (Å²) in [6.45, 7) is 3.24. The average Bonchev–Trinajstić information content (AvgIpc) is 2.43. The van der Waals surface area contributed by atoms with Crippen LogP contribution >= 0.6 is 12.2 Å². The van der Waals surface area contributed by atoms with Crippen LogP contribution in [0.15, 0.2) is 0 Å². The molecule has 0 amide bonds. The normalized spacial score (nSPS) is 10.1. The van der Waals surface area contributed by atoms with Gasteiger partial charge in [0.05, 0.1) is 0 Å². The fourth-order valence-corrected chi connectivity index (χ4v) is 2.71. The van der Waals surface area contributed by atoms with E-state index in [-0.39, 0.29) is 21.1 Å². The van der Waals surface area contributed by atoms with E-state index in [0.717, 1.165) is 6.54 Å². The van der Waals surface area contributed by atoms with Gasteiger partial charge in [-0.2, -0.15) is 0 Å². The maximum Gasteiger partial charge on any atom is 0.0132 e. The van der Waals surface area contributed by atoms with E-state index >= 15 is 0 Å². The predicted molar refractivity (Wildman–Crippen MR) is 98.3 cm³/mol. The second-order valence-electron chi connectivity index (χ2n) is 5.81. The smallest absolute Gasteiger partial charge is 0.0132 e. The summed E-state index contributed by atoms with van der Waals surface area (Å²) in [4.78, 5) is 0. The number of rotatable bonds is 15. The van der Waals surface area contributed by atoms with Gasteiger partial charge >= 0.3 is 0 Å². The zero-order valence-electron chi connectivity index (χ0n) is 13.8. The van der Waals surface area contributed by atoms with Crippen molar-refractivity contribution in [3.8, 4) is 0 Å². The molecule has 0 aromatic rings. The third-order valence-corrected chi connectivity index (χ3v) is 4.09. The monoisotopic (exact) mass is 414 g/mol. The van der Waals surface area contributed by atoms with Crippen LogP contribution in [0.1, 0.15) is 96.8 Å². The molecular formula is C17H34MoNS2-. The molecule has 0 spiro atoms. The van der Waals surface area contributed by atoms with Gasteiger partial charge in [0.15, 0.2) is 0 Å². The van der Waals surface area contributed by atoms with E-state index in [9.17, 15) is 0 Å². The van der Waals surface area contributed by atoms with Gasteiger partial charge in [0.1, 0.15) is 0 Å². The first kappa shape index (κ1) is 24.1. The van der Waals surface area contributed by atoms with Crippen molar-refractivity contribution in [2.24, 2.45) is 0 Å². The fraction of sp³-hybridized carbons (Fsp3) is 0.941. The molecule has 0 unspecified atom stereocenters. The topological polar surface area (TPSA) is 12.0 Å². The second kappa shape index (κ2) is 20.8. The zero-order chi connectivity index (χ0) is 14.9. The third kappa shape index (κ3) is 23.2. The number of hydrogen-bond acceptors (Lipinski definition) is 2. The Kier molecular flexibility index (Phi) is 23.8. The Labute approximate surface area is 158 Å². The van der Waals surface area contributed by atoms with Gasteiger partial charge in [-0.15, -0.1) is 0 Å². The maximum atomic E-state index is 4.80. The fourth-order valence-electron chi connectivity index (χ4n) is 2.51. The molecule has 0 saturated carbocycles. The van der Waals surface area contributed by atoms with Crippen LogP contribution in [0.2, 0.25) is 0 Å². The van der Waals surface area contributed by atoms with E-state index in [1.165, 1.54) is 89.9 Å². The van der Waals surface area contributed by atoms with Crippen LogP contribution in [0.3, 0.4) is 0 Å². The van der Waals surface area contributed by atoms with Gasteiger partial charge in [0.2, 0.25) is 0 Å². The molecule has 21 heavy (non-hydrogen) atoms. The van der Waals surface area contributed by atoms with Crippen LogP contribution in [0.5, 0.6) is 0 Å². The molecule has 0 aromatic carbocycles. The Morgan fingerprint density at radius 3 is 1.38 bits per heavy atom. The molecule has 0 aliphatic rings. The summed E-state index contributed by atoms with van der Waals surface area (Å²) >= 11 is 9.60. The molecule has 0 aliphatic carbocycles. The summed E-state index contributed by atoms with van der Waals surface area (Å²) in [5.74, 6) is 0. The summed E-state index contributed by atoms with van der Waals surface area (Å²) in [5, 5.41) is 3.04. The minimum Gasteiger partial charge on any atom is -0.412 e. The Bertz CT molecular complexity index is 213. The molecule has 0 heterocycles. The summed E-state index contributed by atoms with van der Waals surface area (Å²) in [5.41, 5.74) is 0. The van der Waals surface area contributed by atoms with Gasteiger partial charge in [-0.05, 0) is 6.42 Å².